The van der Waals surface area contributed by atoms with Gasteiger partial charge in [-0.15, -0.1) is 0 Å². The summed E-state index contributed by atoms with van der Waals surface area (Å²) in [5.41, 5.74) is 3.18. The van der Waals surface area contributed by atoms with Crippen molar-refractivity contribution < 1.29 is 27.2 Å². The van der Waals surface area contributed by atoms with E-state index in [-0.39, 0.29) is 41.3 Å². The average Bonchev–Trinajstić information content (AvgIpc) is 3.53. The zero-order chi connectivity index (χ0) is 32.0. The maximum atomic E-state index is 15.0. The standard InChI is InChI=1S/C29H27FN8O5S2/c1-15-25(24-21(30)12-32-28(36-24)34-18-4-3-5-19(11-18)45(31,42)43)44-29(33-15)37(2)13-16-6-7-20-17(10-16)14-38(27(20)41)22-8-9-23(39)35-26(22)40/h3-7,10-12,22H,8-9,13-14H2,1-2H3,(H2,31,42,43)(H,32,34,36)(H,35,39,40). The molecule has 0 saturated carbocycles. The molecule has 4 heterocycles. The summed E-state index contributed by atoms with van der Waals surface area (Å²) in [6.45, 7) is 2.46. The van der Waals surface area contributed by atoms with Crippen LogP contribution in [0.2, 0.25) is 0 Å². The van der Waals surface area contributed by atoms with Crippen LogP contribution >= 0.6 is 11.3 Å². The van der Waals surface area contributed by atoms with Crippen LogP contribution in [0, 0.1) is 12.7 Å². The van der Waals surface area contributed by atoms with Gasteiger partial charge in [0.25, 0.3) is 5.91 Å². The minimum absolute atomic E-state index is 0.0364. The topological polar surface area (TPSA) is 181 Å². The van der Waals surface area contributed by atoms with Gasteiger partial charge < -0.3 is 15.1 Å². The Morgan fingerprint density at radius 2 is 1.98 bits per heavy atom. The van der Waals surface area contributed by atoms with Crippen molar-refractivity contribution >= 4 is 55.8 Å². The van der Waals surface area contributed by atoms with Crippen LogP contribution in [0.5, 0.6) is 0 Å². The van der Waals surface area contributed by atoms with Crippen LogP contribution in [-0.4, -0.2) is 59.1 Å². The molecular weight excluding hydrogens is 624 g/mol. The van der Waals surface area contributed by atoms with Crippen molar-refractivity contribution in [1.29, 1.82) is 0 Å². The molecule has 1 saturated heterocycles. The largest absolute Gasteiger partial charge is 0.347 e. The van der Waals surface area contributed by atoms with Gasteiger partial charge in [-0.05, 0) is 48.7 Å². The first-order valence-electron chi connectivity index (χ1n) is 13.7. The third-order valence-corrected chi connectivity index (χ3v) is 9.69. The zero-order valence-corrected chi connectivity index (χ0v) is 25.7. The summed E-state index contributed by atoms with van der Waals surface area (Å²) in [5, 5.41) is 11.0. The van der Waals surface area contributed by atoms with Crippen LogP contribution in [0.1, 0.15) is 40.0 Å². The summed E-state index contributed by atoms with van der Waals surface area (Å²) < 4.78 is 38.4. The number of aryl methyl sites for hydroxylation is 1. The van der Waals surface area contributed by atoms with Crippen LogP contribution in [-0.2, 0) is 32.7 Å². The summed E-state index contributed by atoms with van der Waals surface area (Å²) in [4.78, 5) is 53.7. The van der Waals surface area contributed by atoms with Gasteiger partial charge in [-0.25, -0.2) is 32.9 Å². The number of benzene rings is 2. The normalized spacial score (nSPS) is 16.5. The third-order valence-electron chi connectivity index (χ3n) is 7.50. The first kappa shape index (κ1) is 30.2. The minimum atomic E-state index is -3.92. The number of sulfonamides is 1. The number of hydrogen-bond acceptors (Lipinski definition) is 11. The van der Waals surface area contributed by atoms with Gasteiger partial charge in [-0.3, -0.25) is 19.7 Å². The molecule has 1 unspecified atom stereocenters. The van der Waals surface area contributed by atoms with E-state index in [0.29, 0.717) is 39.9 Å². The second kappa shape index (κ2) is 11.6. The number of carbonyl (C=O) groups excluding carboxylic acids is 3. The molecule has 2 aliphatic heterocycles. The SMILES string of the molecule is Cc1nc(N(C)Cc2ccc3c(c2)CN(C2CCC(=O)NC2=O)C3=O)sc1-c1nc(Nc2cccc(S(N)(=O)=O)c2)ncc1F. The number of nitrogens with zero attached hydrogens (tertiary/aromatic N) is 5. The number of anilines is 3. The number of fused-ring (bicyclic) bond motifs is 1. The van der Waals surface area contributed by atoms with Crippen molar-refractivity contribution in [3.05, 3.63) is 76.9 Å². The molecule has 13 nitrogen and oxygen atoms in total. The second-order valence-corrected chi connectivity index (χ2v) is 13.3. The number of primary sulfonamides is 1. The number of piperidine rings is 1. The summed E-state index contributed by atoms with van der Waals surface area (Å²) in [5.74, 6) is -1.62. The van der Waals surface area contributed by atoms with E-state index < -0.39 is 27.8 Å². The fourth-order valence-corrected chi connectivity index (χ4v) is 6.88. The van der Waals surface area contributed by atoms with Crippen molar-refractivity contribution in [2.75, 3.05) is 17.3 Å². The highest BCUT2D eigenvalue weighted by Crippen LogP contribution is 2.36. The van der Waals surface area contributed by atoms with Gasteiger partial charge in [0, 0.05) is 37.8 Å². The number of imide groups is 1. The average molecular weight is 651 g/mol. The molecule has 0 spiro atoms. The van der Waals surface area contributed by atoms with Crippen LogP contribution in [0.25, 0.3) is 10.6 Å². The van der Waals surface area contributed by atoms with Crippen LogP contribution in [0.4, 0.5) is 21.2 Å². The summed E-state index contributed by atoms with van der Waals surface area (Å²) in [6.07, 6.45) is 1.51. The van der Waals surface area contributed by atoms with E-state index >= 15 is 0 Å². The predicted molar refractivity (Wildman–Crippen MR) is 164 cm³/mol. The molecule has 1 atom stereocenters. The lowest BCUT2D eigenvalue weighted by Gasteiger charge is -2.29. The zero-order valence-electron chi connectivity index (χ0n) is 24.1. The van der Waals surface area contributed by atoms with Crippen molar-refractivity contribution in [2.45, 2.75) is 43.8 Å². The second-order valence-electron chi connectivity index (χ2n) is 10.7. The van der Waals surface area contributed by atoms with E-state index in [9.17, 15) is 27.2 Å². The first-order chi connectivity index (χ1) is 21.4. The highest BCUT2D eigenvalue weighted by Gasteiger charge is 2.39. The molecule has 1 fully saturated rings. The smallest absolute Gasteiger partial charge is 0.255 e. The molecular formula is C29H27FN8O5S2. The van der Waals surface area contributed by atoms with Crippen molar-refractivity contribution in [1.82, 2.24) is 25.2 Å². The van der Waals surface area contributed by atoms with Gasteiger partial charge in [-0.2, -0.15) is 0 Å². The van der Waals surface area contributed by atoms with Gasteiger partial charge in [0.05, 0.1) is 21.7 Å². The Morgan fingerprint density at radius 1 is 1.18 bits per heavy atom. The Kier molecular flexibility index (Phi) is 7.80. The minimum Gasteiger partial charge on any atom is -0.347 e. The van der Waals surface area contributed by atoms with Crippen LogP contribution in [0.3, 0.4) is 0 Å². The molecule has 45 heavy (non-hydrogen) atoms. The maximum absolute atomic E-state index is 15.0. The maximum Gasteiger partial charge on any atom is 0.255 e. The van der Waals surface area contributed by atoms with Crippen molar-refractivity contribution in [3.8, 4) is 10.6 Å². The van der Waals surface area contributed by atoms with Crippen molar-refractivity contribution in [3.63, 3.8) is 0 Å². The number of carbonyl (C=O) groups is 3. The summed E-state index contributed by atoms with van der Waals surface area (Å²) in [6, 6.07) is 10.6. The van der Waals surface area contributed by atoms with E-state index in [1.54, 1.807) is 19.1 Å². The van der Waals surface area contributed by atoms with E-state index in [4.69, 9.17) is 5.14 Å². The molecule has 2 aromatic carbocycles. The molecule has 4 aromatic rings. The third kappa shape index (κ3) is 6.11. The Balaban J connectivity index is 1.18. The highest BCUT2D eigenvalue weighted by atomic mass is 32.2. The van der Waals surface area contributed by atoms with Gasteiger partial charge in [0.2, 0.25) is 27.8 Å². The lowest BCUT2D eigenvalue weighted by Crippen LogP contribution is -2.52. The Labute approximate surface area is 261 Å². The number of rotatable bonds is 8. The number of nitrogens with one attached hydrogen (secondary N) is 2. The van der Waals surface area contributed by atoms with E-state index in [1.165, 1.54) is 34.4 Å². The Morgan fingerprint density at radius 3 is 2.73 bits per heavy atom. The van der Waals surface area contributed by atoms with E-state index in [1.807, 2.05) is 24.1 Å². The molecule has 2 aromatic heterocycles. The van der Waals surface area contributed by atoms with Gasteiger partial charge in [-0.1, -0.05) is 29.5 Å². The molecule has 0 aliphatic carbocycles. The van der Waals surface area contributed by atoms with E-state index in [2.05, 4.69) is 25.6 Å². The molecule has 4 N–H and O–H groups in total. The van der Waals surface area contributed by atoms with Crippen LogP contribution in [0.15, 0.2) is 53.6 Å². The lowest BCUT2D eigenvalue weighted by atomic mass is 10.0. The molecule has 6 rings (SSSR count). The van der Waals surface area contributed by atoms with E-state index in [0.717, 1.165) is 17.3 Å². The monoisotopic (exact) mass is 650 g/mol. The summed E-state index contributed by atoms with van der Waals surface area (Å²) >= 11 is 1.25. The number of thiazole rings is 1. The van der Waals surface area contributed by atoms with Gasteiger partial charge >= 0.3 is 0 Å². The predicted octanol–water partition coefficient (Wildman–Crippen LogP) is 2.84. The number of amides is 3. The molecule has 0 bridgehead atoms. The van der Waals surface area contributed by atoms with Gasteiger partial charge in [0.15, 0.2) is 10.9 Å². The molecule has 16 heteroatoms. The van der Waals surface area contributed by atoms with Crippen molar-refractivity contribution in [2.24, 2.45) is 5.14 Å². The fourth-order valence-electron chi connectivity index (χ4n) is 5.30. The highest BCUT2D eigenvalue weighted by molar-refractivity contribution is 7.89. The molecule has 2 aliphatic rings. The summed E-state index contributed by atoms with van der Waals surface area (Å²) in [7, 11) is -2.07. The Bertz CT molecular complexity index is 1980. The molecule has 0 radical (unpaired) electrons. The number of halogens is 1. The first-order valence-corrected chi connectivity index (χ1v) is 16.1. The lowest BCUT2D eigenvalue weighted by molar-refractivity contribution is -0.136. The van der Waals surface area contributed by atoms with Gasteiger partial charge in [0.1, 0.15) is 11.7 Å². The quantitative estimate of drug-likeness (QED) is 0.240. The molecule has 3 amide bonds. The fraction of sp³-hybridized carbons (Fsp3) is 0.241. The van der Waals surface area contributed by atoms with Crippen LogP contribution < -0.4 is 20.7 Å². The Hall–Kier alpha value is -4.80. The molecule has 232 valence electrons. The number of nitrogens with two attached hydrogens (primary N) is 1. The number of hydrogen-bond donors (Lipinski definition) is 3. The number of aromatic nitrogens is 3.